The molecule has 0 aliphatic carbocycles. The van der Waals surface area contributed by atoms with Gasteiger partial charge in [0.15, 0.2) is 5.82 Å². The van der Waals surface area contributed by atoms with Gasteiger partial charge in [-0.25, -0.2) is 12.8 Å². The molecule has 0 aromatic heterocycles. The van der Waals surface area contributed by atoms with E-state index >= 15 is 0 Å². The molecule has 1 rings (SSSR count). The Hall–Kier alpha value is -1.78. The molecule has 0 spiro atoms. The fourth-order valence-electron chi connectivity index (χ4n) is 1.88. The van der Waals surface area contributed by atoms with Crippen LogP contribution in [0.15, 0.2) is 17.0 Å². The van der Waals surface area contributed by atoms with Crippen LogP contribution in [0.1, 0.15) is 20.3 Å². The van der Waals surface area contributed by atoms with Crippen molar-refractivity contribution in [2.45, 2.75) is 25.2 Å². The smallest absolute Gasteiger partial charge is 0.274 e. The van der Waals surface area contributed by atoms with Gasteiger partial charge in [0.25, 0.3) is 5.69 Å². The number of non-ortho nitro benzene ring substituents is 1. The average Bonchev–Trinajstić information content (AvgIpc) is 2.42. The van der Waals surface area contributed by atoms with Gasteiger partial charge >= 0.3 is 0 Å². The van der Waals surface area contributed by atoms with Gasteiger partial charge in [0.05, 0.1) is 16.7 Å². The zero-order valence-electron chi connectivity index (χ0n) is 11.7. The van der Waals surface area contributed by atoms with Gasteiger partial charge in [-0.2, -0.15) is 4.31 Å². The van der Waals surface area contributed by atoms with E-state index in [1.807, 2.05) is 5.43 Å². The number of nitrogens with one attached hydrogen (secondary N) is 1. The lowest BCUT2D eigenvalue weighted by Gasteiger charge is -2.21. The highest BCUT2D eigenvalue weighted by Crippen LogP contribution is 2.31. The van der Waals surface area contributed by atoms with Crippen LogP contribution in [0.4, 0.5) is 15.8 Å². The predicted molar refractivity (Wildman–Crippen MR) is 75.6 cm³/mol. The standard InChI is InChI=1S/C11H17FN4O4S/c1-3-5-15(4-2)21(19,20)11-9(12)6-8(16(17)18)7-10(11)14-13/h6-7,14H,3-5,13H2,1-2H3. The number of nitro benzene ring substituents is 1. The summed E-state index contributed by atoms with van der Waals surface area (Å²) in [6, 6.07) is 1.45. The lowest BCUT2D eigenvalue weighted by Crippen LogP contribution is -2.33. The number of hydrogen-bond acceptors (Lipinski definition) is 6. The molecule has 1 aromatic carbocycles. The van der Waals surface area contributed by atoms with Crippen molar-refractivity contribution in [2.24, 2.45) is 5.84 Å². The van der Waals surface area contributed by atoms with Crippen LogP contribution in [-0.2, 0) is 10.0 Å². The van der Waals surface area contributed by atoms with Gasteiger partial charge in [-0.1, -0.05) is 13.8 Å². The van der Waals surface area contributed by atoms with Crippen LogP contribution in [0.25, 0.3) is 0 Å². The first kappa shape index (κ1) is 17.3. The van der Waals surface area contributed by atoms with E-state index in [9.17, 15) is 22.9 Å². The highest BCUT2D eigenvalue weighted by molar-refractivity contribution is 7.89. The van der Waals surface area contributed by atoms with Crippen LogP contribution >= 0.6 is 0 Å². The first-order valence-corrected chi connectivity index (χ1v) is 7.68. The molecule has 0 bridgehead atoms. The highest BCUT2D eigenvalue weighted by Gasteiger charge is 2.31. The molecular formula is C11H17FN4O4S. The summed E-state index contributed by atoms with van der Waals surface area (Å²) in [5, 5.41) is 10.7. The van der Waals surface area contributed by atoms with Crippen molar-refractivity contribution in [3.63, 3.8) is 0 Å². The SMILES string of the molecule is CCCN(CC)S(=O)(=O)c1c(F)cc([N+](=O)[O-])cc1NN. The van der Waals surface area contributed by atoms with Gasteiger partial charge in [-0.15, -0.1) is 0 Å². The minimum absolute atomic E-state index is 0.149. The fourth-order valence-corrected chi connectivity index (χ4v) is 3.60. The van der Waals surface area contributed by atoms with Crippen LogP contribution < -0.4 is 11.3 Å². The molecule has 0 saturated carbocycles. The maximum atomic E-state index is 14.1. The second kappa shape index (κ2) is 6.78. The zero-order valence-corrected chi connectivity index (χ0v) is 12.5. The molecule has 0 heterocycles. The number of nitro groups is 1. The minimum atomic E-state index is -4.14. The first-order valence-electron chi connectivity index (χ1n) is 6.24. The largest absolute Gasteiger partial charge is 0.323 e. The van der Waals surface area contributed by atoms with Crippen molar-refractivity contribution < 1.29 is 17.7 Å². The Morgan fingerprint density at radius 3 is 2.48 bits per heavy atom. The van der Waals surface area contributed by atoms with Crippen LogP contribution in [-0.4, -0.2) is 30.7 Å². The highest BCUT2D eigenvalue weighted by atomic mass is 32.2. The fraction of sp³-hybridized carbons (Fsp3) is 0.455. The van der Waals surface area contributed by atoms with Crippen molar-refractivity contribution in [1.82, 2.24) is 4.31 Å². The molecule has 1 aromatic rings. The Morgan fingerprint density at radius 1 is 1.43 bits per heavy atom. The quantitative estimate of drug-likeness (QED) is 0.446. The van der Waals surface area contributed by atoms with Gasteiger partial charge in [-0.05, 0) is 6.42 Å². The normalized spacial score (nSPS) is 11.7. The van der Waals surface area contributed by atoms with Crippen molar-refractivity contribution >= 4 is 21.4 Å². The second-order valence-electron chi connectivity index (χ2n) is 4.20. The number of nitrogens with zero attached hydrogens (tertiary/aromatic N) is 2. The summed E-state index contributed by atoms with van der Waals surface area (Å²) in [4.78, 5) is 9.17. The molecule has 0 atom stereocenters. The van der Waals surface area contributed by atoms with Crippen molar-refractivity contribution in [3.05, 3.63) is 28.1 Å². The second-order valence-corrected chi connectivity index (χ2v) is 6.08. The number of halogens is 1. The molecule has 0 radical (unpaired) electrons. The summed E-state index contributed by atoms with van der Waals surface area (Å²) in [6.45, 7) is 3.76. The number of hydrogen-bond donors (Lipinski definition) is 2. The Morgan fingerprint density at radius 2 is 2.05 bits per heavy atom. The van der Waals surface area contributed by atoms with Gasteiger partial charge < -0.3 is 5.43 Å². The molecule has 0 amide bonds. The van der Waals surface area contributed by atoms with E-state index in [1.54, 1.807) is 13.8 Å². The summed E-state index contributed by atoms with van der Waals surface area (Å²) in [7, 11) is -4.14. The molecule has 0 aliphatic rings. The van der Waals surface area contributed by atoms with Crippen molar-refractivity contribution in [3.8, 4) is 0 Å². The van der Waals surface area contributed by atoms with Crippen molar-refractivity contribution in [2.75, 3.05) is 18.5 Å². The molecule has 0 saturated heterocycles. The third-order valence-corrected chi connectivity index (χ3v) is 4.87. The number of nitrogens with two attached hydrogens (primary N) is 1. The van der Waals surface area contributed by atoms with E-state index in [4.69, 9.17) is 5.84 Å². The number of benzene rings is 1. The average molecular weight is 320 g/mol. The van der Waals surface area contributed by atoms with E-state index in [2.05, 4.69) is 0 Å². The van der Waals surface area contributed by atoms with E-state index in [-0.39, 0.29) is 18.8 Å². The Kier molecular flexibility index (Phi) is 5.58. The molecule has 3 N–H and O–H groups in total. The maximum Gasteiger partial charge on any atom is 0.274 e. The zero-order chi connectivity index (χ0) is 16.2. The molecule has 21 heavy (non-hydrogen) atoms. The number of anilines is 1. The van der Waals surface area contributed by atoms with Gasteiger partial charge in [0.1, 0.15) is 4.90 Å². The van der Waals surface area contributed by atoms with Gasteiger partial charge in [-0.3, -0.25) is 16.0 Å². The molecule has 118 valence electrons. The number of sulfonamides is 1. The lowest BCUT2D eigenvalue weighted by atomic mass is 10.3. The van der Waals surface area contributed by atoms with Crippen LogP contribution in [0.5, 0.6) is 0 Å². The summed E-state index contributed by atoms with van der Waals surface area (Å²) < 4.78 is 40.1. The van der Waals surface area contributed by atoms with E-state index in [0.717, 1.165) is 10.4 Å². The summed E-state index contributed by atoms with van der Waals surface area (Å²) in [5.74, 6) is 3.96. The maximum absolute atomic E-state index is 14.1. The van der Waals surface area contributed by atoms with E-state index < -0.39 is 31.3 Å². The monoisotopic (exact) mass is 320 g/mol. The molecular weight excluding hydrogens is 303 g/mol. The van der Waals surface area contributed by atoms with Crippen LogP contribution in [0.3, 0.4) is 0 Å². The lowest BCUT2D eigenvalue weighted by molar-refractivity contribution is -0.385. The Balaban J connectivity index is 3.51. The van der Waals surface area contributed by atoms with E-state index in [1.165, 1.54) is 0 Å². The first-order chi connectivity index (χ1) is 9.79. The summed E-state index contributed by atoms with van der Waals surface area (Å²) >= 11 is 0. The predicted octanol–water partition coefficient (Wildman–Crippen LogP) is 1.44. The molecule has 0 unspecified atom stereocenters. The molecule has 8 nitrogen and oxygen atoms in total. The van der Waals surface area contributed by atoms with Crippen molar-refractivity contribution in [1.29, 1.82) is 0 Å². The molecule has 0 fully saturated rings. The molecule has 0 aliphatic heterocycles. The topological polar surface area (TPSA) is 119 Å². The summed E-state index contributed by atoms with van der Waals surface area (Å²) in [5.41, 5.74) is 1.07. The Bertz CT molecular complexity index is 635. The van der Waals surface area contributed by atoms with E-state index in [0.29, 0.717) is 12.5 Å². The minimum Gasteiger partial charge on any atom is -0.323 e. The Labute approximate surface area is 121 Å². The number of rotatable bonds is 7. The van der Waals surface area contributed by atoms with Crippen LogP contribution in [0, 0.1) is 15.9 Å². The third kappa shape index (κ3) is 3.46. The summed E-state index contributed by atoms with van der Waals surface area (Å²) in [6.07, 6.45) is 0.549. The van der Waals surface area contributed by atoms with Crippen LogP contribution in [0.2, 0.25) is 0 Å². The van der Waals surface area contributed by atoms with Gasteiger partial charge in [0, 0.05) is 19.2 Å². The number of nitrogen functional groups attached to an aromatic ring is 1. The third-order valence-electron chi connectivity index (χ3n) is 2.82. The number of hydrazine groups is 1. The van der Waals surface area contributed by atoms with Gasteiger partial charge in [0.2, 0.25) is 10.0 Å². The molecule has 10 heteroatoms.